The maximum atomic E-state index is 13.2. The minimum Gasteiger partial charge on any atom is -0.480 e. The zero-order valence-electron chi connectivity index (χ0n) is 13.5. The molecule has 2 aliphatic rings. The van der Waals surface area contributed by atoms with E-state index < -0.39 is 17.6 Å². The van der Waals surface area contributed by atoms with Gasteiger partial charge in [-0.1, -0.05) is 50.1 Å². The van der Waals surface area contributed by atoms with E-state index in [1.165, 1.54) is 0 Å². The number of benzene rings is 1. The minimum absolute atomic E-state index is 0.0376. The topological polar surface area (TPSA) is 69.6 Å². The molecule has 1 aliphatic carbocycles. The molecule has 1 spiro atoms. The number of piperazine rings is 1. The van der Waals surface area contributed by atoms with Crippen LogP contribution in [0.1, 0.15) is 50.6 Å². The van der Waals surface area contributed by atoms with E-state index in [0.717, 1.165) is 31.2 Å². The first kappa shape index (κ1) is 16.0. The molecule has 1 saturated heterocycles. The lowest BCUT2D eigenvalue weighted by atomic mass is 9.87. The summed E-state index contributed by atoms with van der Waals surface area (Å²) in [5.74, 6) is -0.957. The number of carboxylic acids is 1. The SMILES string of the molecule is CCC(C(=O)O)N1C(=O)C2(CCCC2)NC[C@@H]1c1ccccc1. The zero-order chi connectivity index (χ0) is 16.4. The molecule has 5 nitrogen and oxygen atoms in total. The third-order valence-corrected chi connectivity index (χ3v) is 5.26. The van der Waals surface area contributed by atoms with Gasteiger partial charge in [0.2, 0.25) is 5.91 Å². The summed E-state index contributed by atoms with van der Waals surface area (Å²) < 4.78 is 0. The molecule has 1 saturated carbocycles. The Kier molecular flexibility index (Phi) is 4.39. The van der Waals surface area contributed by atoms with Crippen LogP contribution in [0.2, 0.25) is 0 Å². The molecule has 0 radical (unpaired) electrons. The fourth-order valence-corrected chi connectivity index (χ4v) is 4.03. The van der Waals surface area contributed by atoms with Crippen LogP contribution in [0.3, 0.4) is 0 Å². The minimum atomic E-state index is -0.920. The van der Waals surface area contributed by atoms with E-state index in [-0.39, 0.29) is 11.9 Å². The van der Waals surface area contributed by atoms with Gasteiger partial charge < -0.3 is 15.3 Å². The highest BCUT2D eigenvalue weighted by Crippen LogP contribution is 2.39. The lowest BCUT2D eigenvalue weighted by Crippen LogP contribution is -2.66. The molecule has 2 fully saturated rings. The van der Waals surface area contributed by atoms with Crippen LogP contribution < -0.4 is 5.32 Å². The van der Waals surface area contributed by atoms with Crippen LogP contribution in [0.4, 0.5) is 0 Å². The molecule has 1 aromatic carbocycles. The molecular formula is C18H24N2O3. The van der Waals surface area contributed by atoms with Crippen molar-refractivity contribution in [2.24, 2.45) is 0 Å². The lowest BCUT2D eigenvalue weighted by Gasteiger charge is -2.47. The Morgan fingerprint density at radius 1 is 1.35 bits per heavy atom. The summed E-state index contributed by atoms with van der Waals surface area (Å²) in [5, 5.41) is 13.1. The number of carboxylic acid groups (broad SMARTS) is 1. The molecule has 1 unspecified atom stereocenters. The van der Waals surface area contributed by atoms with Crippen molar-refractivity contribution in [3.8, 4) is 0 Å². The maximum absolute atomic E-state index is 13.2. The molecule has 0 bridgehead atoms. The number of carbonyl (C=O) groups is 2. The molecule has 2 N–H and O–H groups in total. The van der Waals surface area contributed by atoms with E-state index in [2.05, 4.69) is 5.32 Å². The van der Waals surface area contributed by atoms with Crippen LogP contribution in [-0.2, 0) is 9.59 Å². The normalized spacial score (nSPS) is 24.8. The maximum Gasteiger partial charge on any atom is 0.326 e. The average Bonchev–Trinajstić information content (AvgIpc) is 3.03. The Labute approximate surface area is 136 Å². The highest BCUT2D eigenvalue weighted by atomic mass is 16.4. The molecule has 1 amide bonds. The Balaban J connectivity index is 1.99. The van der Waals surface area contributed by atoms with Gasteiger partial charge in [-0.25, -0.2) is 4.79 Å². The van der Waals surface area contributed by atoms with Gasteiger partial charge in [0.1, 0.15) is 6.04 Å². The van der Waals surface area contributed by atoms with E-state index in [1.54, 1.807) is 4.90 Å². The molecular weight excluding hydrogens is 292 g/mol. The fraction of sp³-hybridized carbons (Fsp3) is 0.556. The highest BCUT2D eigenvalue weighted by Gasteiger charge is 2.51. The zero-order valence-corrected chi connectivity index (χ0v) is 13.5. The van der Waals surface area contributed by atoms with Gasteiger partial charge in [0.25, 0.3) is 0 Å². The quantitative estimate of drug-likeness (QED) is 0.894. The van der Waals surface area contributed by atoms with Gasteiger partial charge in [0.05, 0.1) is 11.6 Å². The number of nitrogens with one attached hydrogen (secondary N) is 1. The first-order valence-electron chi connectivity index (χ1n) is 8.44. The monoisotopic (exact) mass is 316 g/mol. The predicted octanol–water partition coefficient (Wildman–Crippen LogP) is 2.34. The van der Waals surface area contributed by atoms with Gasteiger partial charge in [-0.05, 0) is 24.8 Å². The molecule has 1 heterocycles. The van der Waals surface area contributed by atoms with Crippen LogP contribution in [0.15, 0.2) is 30.3 Å². The fourth-order valence-electron chi connectivity index (χ4n) is 4.03. The van der Waals surface area contributed by atoms with Gasteiger partial charge >= 0.3 is 5.97 Å². The second-order valence-corrected chi connectivity index (χ2v) is 6.57. The van der Waals surface area contributed by atoms with Crippen molar-refractivity contribution < 1.29 is 14.7 Å². The van der Waals surface area contributed by atoms with Gasteiger partial charge in [-0.2, -0.15) is 0 Å². The van der Waals surface area contributed by atoms with Gasteiger partial charge in [0, 0.05) is 6.54 Å². The van der Waals surface area contributed by atoms with Crippen LogP contribution >= 0.6 is 0 Å². The molecule has 124 valence electrons. The molecule has 1 aliphatic heterocycles. The molecule has 23 heavy (non-hydrogen) atoms. The van der Waals surface area contributed by atoms with Crippen LogP contribution in [0.5, 0.6) is 0 Å². The Bertz CT molecular complexity index is 581. The second kappa shape index (κ2) is 6.32. The summed E-state index contributed by atoms with van der Waals surface area (Å²) in [5.41, 5.74) is 0.439. The third kappa shape index (κ3) is 2.74. The summed E-state index contributed by atoms with van der Waals surface area (Å²) in [6.07, 6.45) is 4.07. The predicted molar refractivity (Wildman–Crippen MR) is 86.9 cm³/mol. The Hall–Kier alpha value is -1.88. The van der Waals surface area contributed by atoms with Crippen molar-refractivity contribution >= 4 is 11.9 Å². The van der Waals surface area contributed by atoms with Crippen molar-refractivity contribution in [2.75, 3.05) is 6.54 Å². The molecule has 2 atom stereocenters. The number of rotatable bonds is 4. The number of hydrogen-bond donors (Lipinski definition) is 2. The van der Waals surface area contributed by atoms with Gasteiger partial charge in [-0.15, -0.1) is 0 Å². The van der Waals surface area contributed by atoms with E-state index in [9.17, 15) is 14.7 Å². The summed E-state index contributed by atoms with van der Waals surface area (Å²) in [4.78, 5) is 26.6. The second-order valence-electron chi connectivity index (χ2n) is 6.57. The molecule has 1 aromatic rings. The average molecular weight is 316 g/mol. The molecule has 3 rings (SSSR count). The van der Waals surface area contributed by atoms with Crippen LogP contribution in [0.25, 0.3) is 0 Å². The first-order chi connectivity index (χ1) is 11.1. The summed E-state index contributed by atoms with van der Waals surface area (Å²) in [7, 11) is 0. The van der Waals surface area contributed by atoms with Crippen molar-refractivity contribution in [1.29, 1.82) is 0 Å². The largest absolute Gasteiger partial charge is 0.480 e. The summed E-state index contributed by atoms with van der Waals surface area (Å²) in [6, 6.07) is 8.73. The number of nitrogens with zero attached hydrogens (tertiary/aromatic N) is 1. The first-order valence-corrected chi connectivity index (χ1v) is 8.44. The van der Waals surface area contributed by atoms with E-state index >= 15 is 0 Å². The van der Waals surface area contributed by atoms with Crippen molar-refractivity contribution in [2.45, 2.75) is 56.7 Å². The molecule has 5 heteroatoms. The number of hydrogen-bond acceptors (Lipinski definition) is 3. The van der Waals surface area contributed by atoms with Crippen molar-refractivity contribution in [1.82, 2.24) is 10.2 Å². The summed E-state index contributed by atoms with van der Waals surface area (Å²) >= 11 is 0. The van der Waals surface area contributed by atoms with E-state index in [4.69, 9.17) is 0 Å². The van der Waals surface area contributed by atoms with Crippen molar-refractivity contribution in [3.63, 3.8) is 0 Å². The van der Waals surface area contributed by atoms with Crippen molar-refractivity contribution in [3.05, 3.63) is 35.9 Å². The van der Waals surface area contributed by atoms with E-state index in [1.807, 2.05) is 37.3 Å². The van der Waals surface area contributed by atoms with Gasteiger partial charge in [0.15, 0.2) is 0 Å². The lowest BCUT2D eigenvalue weighted by molar-refractivity contribution is -0.159. The smallest absolute Gasteiger partial charge is 0.326 e. The highest BCUT2D eigenvalue weighted by molar-refractivity contribution is 5.91. The number of aliphatic carboxylic acids is 1. The summed E-state index contributed by atoms with van der Waals surface area (Å²) in [6.45, 7) is 2.44. The Morgan fingerprint density at radius 2 is 2.00 bits per heavy atom. The van der Waals surface area contributed by atoms with E-state index in [0.29, 0.717) is 13.0 Å². The molecule has 0 aromatic heterocycles. The Morgan fingerprint density at radius 3 is 2.57 bits per heavy atom. The van der Waals surface area contributed by atoms with Crippen LogP contribution in [0, 0.1) is 0 Å². The van der Waals surface area contributed by atoms with Crippen LogP contribution in [-0.4, -0.2) is 40.0 Å². The van der Waals surface area contributed by atoms with Gasteiger partial charge in [-0.3, -0.25) is 4.79 Å². The third-order valence-electron chi connectivity index (χ3n) is 5.26. The number of amides is 1. The standard InChI is InChI=1S/C18H24N2O3/c1-2-14(16(21)22)20-15(13-8-4-3-5-9-13)12-19-18(17(20)23)10-6-7-11-18/h3-5,8-9,14-15,19H,2,6-7,10-12H2,1H3,(H,21,22)/t14?,15-/m1/s1. The number of carbonyl (C=O) groups excluding carboxylic acids is 1.